The van der Waals surface area contributed by atoms with Crippen LogP contribution < -0.4 is 15.4 Å². The van der Waals surface area contributed by atoms with E-state index < -0.39 is 12.1 Å². The standard InChI is InChI=1S/C15H16F3N3O2/c1-19-12-5-4-10(13(7-12)23-15(16,17)18)9-21-14(22)11-3-2-6-20-8-11/h4-5,7,11,20H,2-3,6,8-9H2,(H,21,22)/t11-/m1/s1. The lowest BCUT2D eigenvalue weighted by atomic mass is 9.99. The van der Waals surface area contributed by atoms with Gasteiger partial charge in [0.15, 0.2) is 5.69 Å². The number of rotatable bonds is 4. The minimum Gasteiger partial charge on any atom is -0.407 e. The van der Waals surface area contributed by atoms with E-state index in [9.17, 15) is 18.0 Å². The first-order chi connectivity index (χ1) is 10.9. The molecule has 8 heteroatoms. The van der Waals surface area contributed by atoms with Crippen molar-refractivity contribution in [2.75, 3.05) is 13.1 Å². The van der Waals surface area contributed by atoms with E-state index in [2.05, 4.69) is 20.2 Å². The van der Waals surface area contributed by atoms with Gasteiger partial charge in [-0.3, -0.25) is 4.79 Å². The maximum absolute atomic E-state index is 12.5. The van der Waals surface area contributed by atoms with E-state index in [0.717, 1.165) is 25.5 Å². The van der Waals surface area contributed by atoms with Crippen molar-refractivity contribution < 1.29 is 22.7 Å². The molecule has 1 fully saturated rings. The van der Waals surface area contributed by atoms with Gasteiger partial charge in [-0.2, -0.15) is 0 Å². The van der Waals surface area contributed by atoms with Gasteiger partial charge in [-0.15, -0.1) is 13.2 Å². The highest BCUT2D eigenvalue weighted by molar-refractivity contribution is 5.79. The zero-order valence-electron chi connectivity index (χ0n) is 12.2. The van der Waals surface area contributed by atoms with Gasteiger partial charge in [-0.25, -0.2) is 4.85 Å². The molecule has 1 atom stereocenters. The molecule has 1 aliphatic rings. The van der Waals surface area contributed by atoms with Gasteiger partial charge >= 0.3 is 6.36 Å². The molecule has 1 aromatic rings. The Hall–Kier alpha value is -2.27. The van der Waals surface area contributed by atoms with Crippen molar-refractivity contribution in [2.24, 2.45) is 5.92 Å². The fraction of sp³-hybridized carbons (Fsp3) is 0.467. The van der Waals surface area contributed by atoms with Crippen molar-refractivity contribution in [3.05, 3.63) is 35.2 Å². The molecule has 124 valence electrons. The molecule has 1 aromatic carbocycles. The average Bonchev–Trinajstić information content (AvgIpc) is 2.52. The molecule has 1 saturated heterocycles. The van der Waals surface area contributed by atoms with Gasteiger partial charge < -0.3 is 15.4 Å². The Morgan fingerprint density at radius 3 is 2.87 bits per heavy atom. The number of carbonyl (C=O) groups excluding carboxylic acids is 1. The monoisotopic (exact) mass is 327 g/mol. The van der Waals surface area contributed by atoms with Crippen LogP contribution in [0, 0.1) is 12.5 Å². The Kier molecular flexibility index (Phi) is 5.45. The third-order valence-corrected chi connectivity index (χ3v) is 3.53. The molecule has 2 rings (SSSR count). The Balaban J connectivity index is 2.06. The molecular formula is C15H16F3N3O2. The van der Waals surface area contributed by atoms with Gasteiger partial charge in [-0.05, 0) is 25.5 Å². The molecule has 23 heavy (non-hydrogen) atoms. The minimum atomic E-state index is -4.85. The summed E-state index contributed by atoms with van der Waals surface area (Å²) in [5.74, 6) is -0.851. The fourth-order valence-electron chi connectivity index (χ4n) is 2.38. The number of alkyl halides is 3. The molecule has 5 nitrogen and oxygen atoms in total. The highest BCUT2D eigenvalue weighted by Crippen LogP contribution is 2.30. The number of carbonyl (C=O) groups is 1. The molecule has 0 radical (unpaired) electrons. The van der Waals surface area contributed by atoms with E-state index in [1.807, 2.05) is 0 Å². The smallest absolute Gasteiger partial charge is 0.407 e. The number of ether oxygens (including phenoxy) is 1. The zero-order valence-corrected chi connectivity index (χ0v) is 12.2. The van der Waals surface area contributed by atoms with Crippen molar-refractivity contribution >= 4 is 11.6 Å². The van der Waals surface area contributed by atoms with E-state index in [1.54, 1.807) is 0 Å². The van der Waals surface area contributed by atoms with E-state index in [1.165, 1.54) is 12.1 Å². The topological polar surface area (TPSA) is 54.7 Å². The van der Waals surface area contributed by atoms with Crippen LogP contribution in [0.2, 0.25) is 0 Å². The van der Waals surface area contributed by atoms with Gasteiger partial charge in [0, 0.05) is 18.7 Å². The number of amides is 1. The normalized spacial score (nSPS) is 18.1. The predicted molar refractivity (Wildman–Crippen MR) is 76.8 cm³/mol. The van der Waals surface area contributed by atoms with Crippen LogP contribution in [0.3, 0.4) is 0 Å². The molecule has 0 unspecified atom stereocenters. The van der Waals surface area contributed by atoms with Gasteiger partial charge in [0.25, 0.3) is 0 Å². The summed E-state index contributed by atoms with van der Waals surface area (Å²) in [5.41, 5.74) is 0.211. The number of nitrogens with zero attached hydrogens (tertiary/aromatic N) is 1. The van der Waals surface area contributed by atoms with Crippen LogP contribution in [0.25, 0.3) is 4.85 Å². The predicted octanol–water partition coefficient (Wildman–Crippen LogP) is 2.75. The van der Waals surface area contributed by atoms with Gasteiger partial charge in [0.1, 0.15) is 5.75 Å². The lowest BCUT2D eigenvalue weighted by Crippen LogP contribution is -2.40. The Morgan fingerprint density at radius 1 is 1.48 bits per heavy atom. The summed E-state index contributed by atoms with van der Waals surface area (Å²) in [6.45, 7) is 8.20. The van der Waals surface area contributed by atoms with Gasteiger partial charge in [0.2, 0.25) is 5.91 Å². The van der Waals surface area contributed by atoms with Crippen LogP contribution >= 0.6 is 0 Å². The minimum absolute atomic E-state index is 0.0378. The lowest BCUT2D eigenvalue weighted by molar-refractivity contribution is -0.274. The third kappa shape index (κ3) is 5.14. The summed E-state index contributed by atoms with van der Waals surface area (Å²) >= 11 is 0. The quantitative estimate of drug-likeness (QED) is 0.836. The summed E-state index contributed by atoms with van der Waals surface area (Å²) in [4.78, 5) is 15.1. The SMILES string of the molecule is [C-]#[N+]c1ccc(CNC(=O)[C@@H]2CCCNC2)c(OC(F)(F)F)c1. The largest absolute Gasteiger partial charge is 0.573 e. The Morgan fingerprint density at radius 2 is 2.26 bits per heavy atom. The van der Waals surface area contributed by atoms with Crippen molar-refractivity contribution in [3.63, 3.8) is 0 Å². The summed E-state index contributed by atoms with van der Waals surface area (Å²) in [7, 11) is 0. The Bertz CT molecular complexity index is 605. The van der Waals surface area contributed by atoms with Crippen LogP contribution in [0.1, 0.15) is 18.4 Å². The van der Waals surface area contributed by atoms with Crippen molar-refractivity contribution in [2.45, 2.75) is 25.7 Å². The first-order valence-electron chi connectivity index (χ1n) is 7.13. The molecule has 0 spiro atoms. The second-order valence-corrected chi connectivity index (χ2v) is 5.21. The molecule has 1 heterocycles. The van der Waals surface area contributed by atoms with Crippen LogP contribution in [0.15, 0.2) is 18.2 Å². The van der Waals surface area contributed by atoms with Crippen molar-refractivity contribution in [1.29, 1.82) is 0 Å². The molecule has 0 bridgehead atoms. The summed E-state index contributed by atoms with van der Waals surface area (Å²) in [6, 6.07) is 3.76. The second kappa shape index (κ2) is 7.33. The molecule has 0 aliphatic carbocycles. The fourth-order valence-corrected chi connectivity index (χ4v) is 2.38. The maximum Gasteiger partial charge on any atom is 0.573 e. The van der Waals surface area contributed by atoms with E-state index in [0.29, 0.717) is 6.54 Å². The number of hydrogen-bond donors (Lipinski definition) is 2. The molecule has 0 aromatic heterocycles. The number of piperidine rings is 1. The van der Waals surface area contributed by atoms with Crippen LogP contribution in [-0.2, 0) is 11.3 Å². The number of hydrogen-bond acceptors (Lipinski definition) is 3. The van der Waals surface area contributed by atoms with Crippen molar-refractivity contribution in [3.8, 4) is 5.75 Å². The molecule has 1 aliphatic heterocycles. The van der Waals surface area contributed by atoms with Crippen LogP contribution in [0.5, 0.6) is 5.75 Å². The van der Waals surface area contributed by atoms with Crippen molar-refractivity contribution in [1.82, 2.24) is 10.6 Å². The molecule has 0 saturated carbocycles. The van der Waals surface area contributed by atoms with E-state index in [4.69, 9.17) is 6.57 Å². The van der Waals surface area contributed by atoms with Crippen LogP contribution in [0.4, 0.5) is 18.9 Å². The molecule has 1 amide bonds. The summed E-state index contributed by atoms with van der Waals surface area (Å²) in [5, 5.41) is 5.73. The number of halogens is 3. The number of nitrogens with one attached hydrogen (secondary N) is 2. The molecular weight excluding hydrogens is 311 g/mol. The second-order valence-electron chi connectivity index (χ2n) is 5.21. The van der Waals surface area contributed by atoms with Crippen LogP contribution in [-0.4, -0.2) is 25.4 Å². The van der Waals surface area contributed by atoms with E-state index in [-0.39, 0.29) is 29.6 Å². The van der Waals surface area contributed by atoms with Gasteiger partial charge in [-0.1, -0.05) is 12.1 Å². The average molecular weight is 327 g/mol. The van der Waals surface area contributed by atoms with Gasteiger partial charge in [0.05, 0.1) is 12.5 Å². The third-order valence-electron chi connectivity index (χ3n) is 3.53. The highest BCUT2D eigenvalue weighted by Gasteiger charge is 2.32. The molecule has 2 N–H and O–H groups in total. The zero-order chi connectivity index (χ0) is 16.9. The summed E-state index contributed by atoms with van der Waals surface area (Å²) < 4.78 is 41.3. The summed E-state index contributed by atoms with van der Waals surface area (Å²) in [6.07, 6.45) is -3.21. The highest BCUT2D eigenvalue weighted by atomic mass is 19.4. The first-order valence-corrected chi connectivity index (χ1v) is 7.13. The lowest BCUT2D eigenvalue weighted by Gasteiger charge is -2.22. The maximum atomic E-state index is 12.5. The Labute approximate surface area is 131 Å². The first kappa shape index (κ1) is 17.1. The van der Waals surface area contributed by atoms with E-state index >= 15 is 0 Å². The number of benzene rings is 1.